The number of hydrogen-bond acceptors (Lipinski definition) is 4. The number of furan rings is 2. The van der Waals surface area contributed by atoms with Gasteiger partial charge in [0, 0.05) is 0 Å². The summed E-state index contributed by atoms with van der Waals surface area (Å²) in [7, 11) is 0. The minimum atomic E-state index is -0.466. The zero-order valence-corrected chi connectivity index (χ0v) is 11.9. The molecule has 0 aromatic carbocycles. The van der Waals surface area contributed by atoms with E-state index in [1.54, 1.807) is 36.8 Å². The first-order valence-electron chi connectivity index (χ1n) is 6.95. The van der Waals surface area contributed by atoms with Gasteiger partial charge in [0.1, 0.15) is 11.5 Å². The van der Waals surface area contributed by atoms with E-state index in [0.717, 1.165) is 0 Å². The number of carbonyl (C=O) groups excluding carboxylic acids is 2. The van der Waals surface area contributed by atoms with Crippen LogP contribution in [0.2, 0.25) is 0 Å². The van der Waals surface area contributed by atoms with Gasteiger partial charge in [0.2, 0.25) is 11.8 Å². The average molecular weight is 300 g/mol. The lowest BCUT2D eigenvalue weighted by molar-refractivity contribution is -0.127. The second kappa shape index (κ2) is 5.93. The smallest absolute Gasteiger partial charge is 0.228 e. The summed E-state index contributed by atoms with van der Waals surface area (Å²) in [5.74, 6) is -0.0194. The van der Waals surface area contributed by atoms with Gasteiger partial charge in [-0.15, -0.1) is 0 Å². The fourth-order valence-corrected chi connectivity index (χ4v) is 2.35. The third kappa shape index (κ3) is 2.95. The molecule has 0 aliphatic heterocycles. The molecule has 1 aliphatic rings. The van der Waals surface area contributed by atoms with E-state index < -0.39 is 11.8 Å². The molecule has 0 unspecified atom stereocenters. The van der Waals surface area contributed by atoms with Crippen molar-refractivity contribution >= 4 is 11.8 Å². The third-order valence-corrected chi connectivity index (χ3v) is 3.62. The van der Waals surface area contributed by atoms with Crippen molar-refractivity contribution in [1.29, 1.82) is 0 Å². The SMILES string of the molecule is C=C1[C@H](C(=O)NCc2ccco2)[C@H]1C(=O)NCc1ccco1. The first-order chi connectivity index (χ1) is 10.7. The van der Waals surface area contributed by atoms with Crippen LogP contribution in [0.5, 0.6) is 0 Å². The summed E-state index contributed by atoms with van der Waals surface area (Å²) >= 11 is 0. The Hall–Kier alpha value is -2.76. The highest BCUT2D eigenvalue weighted by Gasteiger charge is 2.52. The van der Waals surface area contributed by atoms with Crippen LogP contribution in [-0.2, 0) is 22.7 Å². The van der Waals surface area contributed by atoms with E-state index in [2.05, 4.69) is 17.2 Å². The topological polar surface area (TPSA) is 84.5 Å². The summed E-state index contributed by atoms with van der Waals surface area (Å²) in [5, 5.41) is 5.48. The van der Waals surface area contributed by atoms with Crippen LogP contribution in [0.3, 0.4) is 0 Å². The molecule has 1 aliphatic carbocycles. The Morgan fingerprint density at radius 3 is 1.77 bits per heavy atom. The fraction of sp³-hybridized carbons (Fsp3) is 0.250. The summed E-state index contributed by atoms with van der Waals surface area (Å²) in [5.41, 5.74) is 0.633. The Labute approximate surface area is 127 Å². The summed E-state index contributed by atoms with van der Waals surface area (Å²) in [6.07, 6.45) is 3.09. The van der Waals surface area contributed by atoms with Crippen LogP contribution in [0.1, 0.15) is 11.5 Å². The van der Waals surface area contributed by atoms with Crippen molar-refractivity contribution in [2.24, 2.45) is 11.8 Å². The number of hydrogen-bond donors (Lipinski definition) is 2. The number of rotatable bonds is 6. The molecular formula is C16H16N2O4. The zero-order valence-electron chi connectivity index (χ0n) is 11.9. The van der Waals surface area contributed by atoms with Crippen molar-refractivity contribution in [3.05, 3.63) is 60.5 Å². The Morgan fingerprint density at radius 1 is 0.955 bits per heavy atom. The first kappa shape index (κ1) is 14.2. The van der Waals surface area contributed by atoms with Crippen LogP contribution in [-0.4, -0.2) is 11.8 Å². The number of nitrogens with one attached hydrogen (secondary N) is 2. The molecule has 2 N–H and O–H groups in total. The minimum Gasteiger partial charge on any atom is -0.467 e. The standard InChI is InChI=1S/C16H16N2O4/c1-10-13(15(19)17-8-11-4-2-6-21-11)14(10)16(20)18-9-12-5-3-7-22-12/h2-7,13-14H,1,8-9H2,(H,17,19)(H,18,20)/t13-,14-/m0/s1. The average Bonchev–Trinajstić information content (AvgIpc) is 2.98. The lowest BCUT2D eigenvalue weighted by atomic mass is 10.2. The molecule has 0 bridgehead atoms. The predicted octanol–water partition coefficient (Wildman–Crippen LogP) is 1.61. The van der Waals surface area contributed by atoms with Crippen molar-refractivity contribution in [3.8, 4) is 0 Å². The molecule has 0 radical (unpaired) electrons. The Kier molecular flexibility index (Phi) is 3.82. The normalized spacial score (nSPS) is 19.7. The Balaban J connectivity index is 1.47. The molecular weight excluding hydrogens is 284 g/mol. The van der Waals surface area contributed by atoms with Gasteiger partial charge in [-0.05, 0) is 24.3 Å². The first-order valence-corrected chi connectivity index (χ1v) is 6.95. The van der Waals surface area contributed by atoms with E-state index >= 15 is 0 Å². The number of amides is 2. The van der Waals surface area contributed by atoms with Gasteiger partial charge in [0.05, 0.1) is 37.5 Å². The maximum absolute atomic E-state index is 12.0. The summed E-state index contributed by atoms with van der Waals surface area (Å²) in [4.78, 5) is 24.1. The van der Waals surface area contributed by atoms with Crippen molar-refractivity contribution in [3.63, 3.8) is 0 Å². The molecule has 114 valence electrons. The molecule has 2 amide bonds. The van der Waals surface area contributed by atoms with Crippen molar-refractivity contribution < 1.29 is 18.4 Å². The van der Waals surface area contributed by atoms with E-state index in [4.69, 9.17) is 8.83 Å². The van der Waals surface area contributed by atoms with Gasteiger partial charge in [-0.3, -0.25) is 9.59 Å². The van der Waals surface area contributed by atoms with Gasteiger partial charge in [-0.2, -0.15) is 0 Å². The maximum atomic E-state index is 12.0. The van der Waals surface area contributed by atoms with Gasteiger partial charge >= 0.3 is 0 Å². The molecule has 1 fully saturated rings. The monoisotopic (exact) mass is 300 g/mol. The molecule has 2 atom stereocenters. The lowest BCUT2D eigenvalue weighted by Crippen LogP contribution is -2.29. The second-order valence-electron chi connectivity index (χ2n) is 5.12. The minimum absolute atomic E-state index is 0.209. The van der Waals surface area contributed by atoms with E-state index in [9.17, 15) is 9.59 Å². The number of carbonyl (C=O) groups is 2. The van der Waals surface area contributed by atoms with Crippen LogP contribution < -0.4 is 10.6 Å². The predicted molar refractivity (Wildman–Crippen MR) is 77.2 cm³/mol. The van der Waals surface area contributed by atoms with Gasteiger partial charge < -0.3 is 19.5 Å². The fourth-order valence-electron chi connectivity index (χ4n) is 2.35. The quantitative estimate of drug-likeness (QED) is 0.794. The van der Waals surface area contributed by atoms with Gasteiger partial charge in [0.25, 0.3) is 0 Å². The van der Waals surface area contributed by atoms with Crippen molar-refractivity contribution in [2.45, 2.75) is 13.1 Å². The van der Waals surface area contributed by atoms with Crippen LogP contribution in [0.4, 0.5) is 0 Å². The molecule has 2 aromatic heterocycles. The Bertz CT molecular complexity index is 615. The third-order valence-electron chi connectivity index (χ3n) is 3.62. The van der Waals surface area contributed by atoms with E-state index in [-0.39, 0.29) is 11.8 Å². The highest BCUT2D eigenvalue weighted by atomic mass is 16.3. The molecule has 0 spiro atoms. The van der Waals surface area contributed by atoms with Crippen LogP contribution in [0.15, 0.2) is 57.8 Å². The van der Waals surface area contributed by atoms with E-state index in [0.29, 0.717) is 30.2 Å². The Morgan fingerprint density at radius 2 is 1.41 bits per heavy atom. The van der Waals surface area contributed by atoms with Gasteiger partial charge in [-0.25, -0.2) is 0 Å². The van der Waals surface area contributed by atoms with Gasteiger partial charge in [0.15, 0.2) is 0 Å². The van der Waals surface area contributed by atoms with Gasteiger partial charge in [-0.1, -0.05) is 12.2 Å². The maximum Gasteiger partial charge on any atom is 0.228 e. The van der Waals surface area contributed by atoms with Crippen molar-refractivity contribution in [1.82, 2.24) is 10.6 Å². The van der Waals surface area contributed by atoms with Crippen molar-refractivity contribution in [2.75, 3.05) is 0 Å². The molecule has 6 nitrogen and oxygen atoms in total. The lowest BCUT2D eigenvalue weighted by Gasteiger charge is -2.03. The molecule has 0 saturated heterocycles. The highest BCUT2D eigenvalue weighted by molar-refractivity contribution is 5.98. The summed E-state index contributed by atoms with van der Waals surface area (Å²) < 4.78 is 10.3. The second-order valence-corrected chi connectivity index (χ2v) is 5.12. The van der Waals surface area contributed by atoms with Crippen LogP contribution in [0, 0.1) is 11.8 Å². The molecule has 3 rings (SSSR count). The molecule has 22 heavy (non-hydrogen) atoms. The largest absolute Gasteiger partial charge is 0.467 e. The molecule has 6 heteroatoms. The molecule has 2 heterocycles. The highest BCUT2D eigenvalue weighted by Crippen LogP contribution is 2.44. The summed E-state index contributed by atoms with van der Waals surface area (Å²) in [6.45, 7) is 4.40. The van der Waals surface area contributed by atoms with E-state index in [1.165, 1.54) is 0 Å². The van der Waals surface area contributed by atoms with Crippen LogP contribution >= 0.6 is 0 Å². The molecule has 1 saturated carbocycles. The van der Waals surface area contributed by atoms with Crippen LogP contribution in [0.25, 0.3) is 0 Å². The molecule has 2 aromatic rings. The van der Waals surface area contributed by atoms with E-state index in [1.807, 2.05) is 0 Å². The zero-order chi connectivity index (χ0) is 15.5. The summed E-state index contributed by atoms with van der Waals surface area (Å²) in [6, 6.07) is 7.05.